The van der Waals surface area contributed by atoms with Crippen LogP contribution in [0.5, 0.6) is 5.75 Å². The molecule has 2 aromatic carbocycles. The molecule has 0 saturated carbocycles. The first-order valence-corrected chi connectivity index (χ1v) is 7.30. The van der Waals surface area contributed by atoms with Crippen molar-refractivity contribution >= 4 is 23.2 Å². The lowest BCUT2D eigenvalue weighted by molar-refractivity contribution is -0.143. The maximum absolute atomic E-state index is 12.7. The third-order valence-corrected chi connectivity index (χ3v) is 3.31. The molecule has 0 aliphatic heterocycles. The number of benzene rings is 2. The second-order valence-corrected chi connectivity index (χ2v) is 5.52. The molecule has 0 aliphatic rings. The van der Waals surface area contributed by atoms with Gasteiger partial charge in [0.15, 0.2) is 6.61 Å². The molecule has 3 nitrogen and oxygen atoms in total. The Labute approximate surface area is 148 Å². The summed E-state index contributed by atoms with van der Waals surface area (Å²) in [5.41, 5.74) is -2.72. The molecule has 0 heterocycles. The number of hydrogen-bond donors (Lipinski definition) is 1. The van der Waals surface area contributed by atoms with Crippen LogP contribution in [0.25, 0.3) is 0 Å². The lowest BCUT2D eigenvalue weighted by atomic mass is 10.1. The maximum atomic E-state index is 12.7. The van der Waals surface area contributed by atoms with Gasteiger partial charge in [-0.05, 0) is 42.5 Å². The molecule has 1 N–H and O–H groups in total. The Morgan fingerprint density at radius 3 is 1.88 bits per heavy atom. The molecule has 0 unspecified atom stereocenters. The first-order chi connectivity index (χ1) is 11.9. The third kappa shape index (κ3) is 5.55. The fourth-order valence-electron chi connectivity index (χ4n) is 1.89. The van der Waals surface area contributed by atoms with E-state index in [2.05, 4.69) is 5.32 Å². The Hall–Kier alpha value is -2.42. The highest BCUT2D eigenvalue weighted by Crippen LogP contribution is 2.38. The van der Waals surface area contributed by atoms with Crippen molar-refractivity contribution in [1.29, 1.82) is 0 Å². The smallest absolute Gasteiger partial charge is 0.416 e. The molecule has 1 amide bonds. The lowest BCUT2D eigenvalue weighted by Crippen LogP contribution is -2.20. The van der Waals surface area contributed by atoms with Gasteiger partial charge >= 0.3 is 12.4 Å². The van der Waals surface area contributed by atoms with E-state index in [1.807, 2.05) is 0 Å². The van der Waals surface area contributed by atoms with Crippen LogP contribution >= 0.6 is 11.6 Å². The zero-order chi connectivity index (χ0) is 19.5. The minimum absolute atomic E-state index is 0.0271. The topological polar surface area (TPSA) is 38.3 Å². The predicted octanol–water partition coefficient (Wildman–Crippen LogP) is 5.40. The Bertz CT molecular complexity index is 755. The summed E-state index contributed by atoms with van der Waals surface area (Å²) in [6.07, 6.45) is -9.99. The molecule has 2 rings (SSSR count). The van der Waals surface area contributed by atoms with Gasteiger partial charge in [-0.15, -0.1) is 0 Å². The van der Waals surface area contributed by atoms with E-state index in [-0.39, 0.29) is 6.07 Å². The Morgan fingerprint density at radius 1 is 0.923 bits per heavy atom. The van der Waals surface area contributed by atoms with Crippen LogP contribution in [0.1, 0.15) is 11.1 Å². The molecule has 0 radical (unpaired) electrons. The molecular weight excluding hydrogens is 388 g/mol. The van der Waals surface area contributed by atoms with Crippen LogP contribution in [-0.2, 0) is 17.1 Å². The average Bonchev–Trinajstić information content (AvgIpc) is 2.53. The molecule has 0 spiro atoms. The number of nitrogens with one attached hydrogen (secondary N) is 1. The van der Waals surface area contributed by atoms with Gasteiger partial charge in [-0.3, -0.25) is 4.79 Å². The Morgan fingerprint density at radius 2 is 1.42 bits per heavy atom. The number of carbonyl (C=O) groups excluding carboxylic acids is 1. The van der Waals surface area contributed by atoms with E-state index in [0.717, 1.165) is 0 Å². The summed E-state index contributed by atoms with van der Waals surface area (Å²) in [5.74, 6) is -1.49. The highest BCUT2D eigenvalue weighted by molar-refractivity contribution is 6.30. The highest BCUT2D eigenvalue weighted by atomic mass is 35.5. The molecular formula is C16H10ClF6NO2. The summed E-state index contributed by atoms with van der Waals surface area (Å²) in [6, 6.07) is 6.66. The average molecular weight is 398 g/mol. The second-order valence-electron chi connectivity index (χ2n) is 5.09. The lowest BCUT2D eigenvalue weighted by Gasteiger charge is -2.14. The summed E-state index contributed by atoms with van der Waals surface area (Å²) in [4.78, 5) is 11.7. The monoisotopic (exact) mass is 397 g/mol. The predicted molar refractivity (Wildman–Crippen MR) is 82.0 cm³/mol. The fourth-order valence-corrected chi connectivity index (χ4v) is 2.01. The summed E-state index contributed by atoms with van der Waals surface area (Å²) in [6.45, 7) is -0.777. The number of anilines is 1. The molecule has 2 aromatic rings. The molecule has 0 atom stereocenters. The van der Waals surface area contributed by atoms with Gasteiger partial charge in [0, 0.05) is 10.7 Å². The van der Waals surface area contributed by atoms with Crippen molar-refractivity contribution in [2.45, 2.75) is 12.4 Å². The minimum Gasteiger partial charge on any atom is -0.484 e. The number of rotatable bonds is 4. The standard InChI is InChI=1S/C16H10ClF6NO2/c17-11-1-3-12(4-2-11)24-14(25)8-26-13-6-9(15(18,19)20)5-10(7-13)16(21,22)23/h1-7H,8H2,(H,24,25). The number of hydrogen-bond acceptors (Lipinski definition) is 2. The molecule has 26 heavy (non-hydrogen) atoms. The van der Waals surface area contributed by atoms with Crippen molar-refractivity contribution in [3.63, 3.8) is 0 Å². The number of alkyl halides is 6. The molecule has 0 fully saturated rings. The molecule has 0 aliphatic carbocycles. The zero-order valence-electron chi connectivity index (χ0n) is 12.7. The first kappa shape index (κ1) is 19.9. The van der Waals surface area contributed by atoms with Crippen molar-refractivity contribution in [3.8, 4) is 5.75 Å². The number of amides is 1. The molecule has 140 valence electrons. The Balaban J connectivity index is 2.12. The summed E-state index contributed by atoms with van der Waals surface area (Å²) in [7, 11) is 0. The Kier molecular flexibility index (Phi) is 5.70. The van der Waals surface area contributed by atoms with E-state index in [4.69, 9.17) is 16.3 Å². The molecule has 10 heteroatoms. The van der Waals surface area contributed by atoms with E-state index >= 15 is 0 Å². The van der Waals surface area contributed by atoms with Gasteiger partial charge in [-0.1, -0.05) is 11.6 Å². The van der Waals surface area contributed by atoms with E-state index < -0.39 is 41.7 Å². The van der Waals surface area contributed by atoms with Gasteiger partial charge in [0.1, 0.15) is 5.75 Å². The van der Waals surface area contributed by atoms with Crippen LogP contribution in [0.4, 0.5) is 32.0 Å². The SMILES string of the molecule is O=C(COc1cc(C(F)(F)F)cc(C(F)(F)F)c1)Nc1ccc(Cl)cc1. The maximum Gasteiger partial charge on any atom is 0.416 e. The number of ether oxygens (including phenoxy) is 1. The van der Waals surface area contributed by atoms with Gasteiger partial charge in [0.25, 0.3) is 5.91 Å². The largest absolute Gasteiger partial charge is 0.484 e. The van der Waals surface area contributed by atoms with Gasteiger partial charge in [0.05, 0.1) is 11.1 Å². The van der Waals surface area contributed by atoms with Gasteiger partial charge < -0.3 is 10.1 Å². The normalized spacial score (nSPS) is 12.0. The zero-order valence-corrected chi connectivity index (χ0v) is 13.5. The molecule has 0 saturated heterocycles. The van der Waals surface area contributed by atoms with Crippen molar-refractivity contribution in [1.82, 2.24) is 0 Å². The first-order valence-electron chi connectivity index (χ1n) is 6.93. The van der Waals surface area contributed by atoms with Crippen molar-refractivity contribution < 1.29 is 35.9 Å². The second kappa shape index (κ2) is 7.45. The number of halogens is 7. The van der Waals surface area contributed by atoms with E-state index in [1.54, 1.807) is 0 Å². The van der Waals surface area contributed by atoms with Crippen molar-refractivity contribution in [2.24, 2.45) is 0 Å². The minimum atomic E-state index is -5.00. The van der Waals surface area contributed by atoms with Crippen LogP contribution in [0, 0.1) is 0 Å². The fraction of sp³-hybridized carbons (Fsp3) is 0.188. The van der Waals surface area contributed by atoms with Crippen molar-refractivity contribution in [3.05, 3.63) is 58.6 Å². The third-order valence-electron chi connectivity index (χ3n) is 3.06. The quantitative estimate of drug-likeness (QED) is 0.702. The van der Waals surface area contributed by atoms with Crippen LogP contribution in [-0.4, -0.2) is 12.5 Å². The van der Waals surface area contributed by atoms with Crippen molar-refractivity contribution in [2.75, 3.05) is 11.9 Å². The van der Waals surface area contributed by atoms with Crippen LogP contribution < -0.4 is 10.1 Å². The number of carbonyl (C=O) groups is 1. The highest BCUT2D eigenvalue weighted by Gasteiger charge is 2.37. The van der Waals surface area contributed by atoms with E-state index in [1.165, 1.54) is 24.3 Å². The van der Waals surface area contributed by atoms with Gasteiger partial charge in [0.2, 0.25) is 0 Å². The summed E-state index contributed by atoms with van der Waals surface area (Å²) >= 11 is 5.67. The molecule has 0 bridgehead atoms. The molecule has 0 aromatic heterocycles. The summed E-state index contributed by atoms with van der Waals surface area (Å²) in [5, 5.41) is 2.78. The van der Waals surface area contributed by atoms with Crippen LogP contribution in [0.3, 0.4) is 0 Å². The van der Waals surface area contributed by atoms with E-state index in [9.17, 15) is 31.1 Å². The van der Waals surface area contributed by atoms with Crippen LogP contribution in [0.15, 0.2) is 42.5 Å². The summed E-state index contributed by atoms with van der Waals surface area (Å²) < 4.78 is 81.2. The van der Waals surface area contributed by atoms with Crippen LogP contribution in [0.2, 0.25) is 5.02 Å². The van der Waals surface area contributed by atoms with E-state index in [0.29, 0.717) is 22.8 Å². The van der Waals surface area contributed by atoms with Gasteiger partial charge in [-0.25, -0.2) is 0 Å². The van der Waals surface area contributed by atoms with Gasteiger partial charge in [-0.2, -0.15) is 26.3 Å².